The summed E-state index contributed by atoms with van der Waals surface area (Å²) in [5.41, 5.74) is 0. The molecule has 15 heavy (non-hydrogen) atoms. The van der Waals surface area contributed by atoms with Gasteiger partial charge in [-0.25, -0.2) is 0 Å². The molecule has 3 nitrogen and oxygen atoms in total. The fourth-order valence-corrected chi connectivity index (χ4v) is 1.73. The first-order chi connectivity index (χ1) is 7.38. The van der Waals surface area contributed by atoms with Gasteiger partial charge in [0.2, 0.25) is 0 Å². The maximum Gasteiger partial charge on any atom is 0.200 e. The Kier molecular flexibility index (Phi) is 3.59. The van der Waals surface area contributed by atoms with E-state index in [-0.39, 0.29) is 19.0 Å². The summed E-state index contributed by atoms with van der Waals surface area (Å²) in [7, 11) is 0. The van der Waals surface area contributed by atoms with Crippen molar-refractivity contribution >= 4 is 0 Å². The van der Waals surface area contributed by atoms with Crippen LogP contribution in [0.1, 0.15) is 19.3 Å². The molecule has 1 aliphatic heterocycles. The maximum absolute atomic E-state index is 8.99. The Morgan fingerprint density at radius 3 is 2.80 bits per heavy atom. The van der Waals surface area contributed by atoms with Crippen molar-refractivity contribution in [2.45, 2.75) is 31.7 Å². The number of aliphatic hydroxyl groups is 1. The summed E-state index contributed by atoms with van der Waals surface area (Å²) in [6, 6.07) is 9.63. The third-order valence-corrected chi connectivity index (χ3v) is 2.52. The SMILES string of the molecule is OCC1CCCC(Oc2ccccc2)O1. The maximum atomic E-state index is 8.99. The lowest BCUT2D eigenvalue weighted by Gasteiger charge is -2.29. The van der Waals surface area contributed by atoms with Crippen molar-refractivity contribution in [1.82, 2.24) is 0 Å². The zero-order valence-electron chi connectivity index (χ0n) is 8.63. The van der Waals surface area contributed by atoms with Gasteiger partial charge in [0.05, 0.1) is 12.7 Å². The van der Waals surface area contributed by atoms with Gasteiger partial charge in [0.1, 0.15) is 5.75 Å². The van der Waals surface area contributed by atoms with Crippen molar-refractivity contribution in [3.05, 3.63) is 30.3 Å². The fraction of sp³-hybridized carbons (Fsp3) is 0.500. The van der Waals surface area contributed by atoms with E-state index in [1.165, 1.54) is 0 Å². The number of benzene rings is 1. The summed E-state index contributed by atoms with van der Waals surface area (Å²) in [6.45, 7) is 0.0780. The lowest BCUT2D eigenvalue weighted by molar-refractivity contribution is -0.158. The van der Waals surface area contributed by atoms with Gasteiger partial charge < -0.3 is 14.6 Å². The molecule has 2 rings (SSSR count). The zero-order chi connectivity index (χ0) is 10.5. The van der Waals surface area contributed by atoms with Crippen LogP contribution in [-0.2, 0) is 4.74 Å². The molecule has 1 N–H and O–H groups in total. The largest absolute Gasteiger partial charge is 0.465 e. The van der Waals surface area contributed by atoms with Gasteiger partial charge in [0.15, 0.2) is 6.29 Å². The number of aliphatic hydroxyl groups excluding tert-OH is 1. The average Bonchev–Trinajstić information content (AvgIpc) is 2.31. The van der Waals surface area contributed by atoms with Crippen LogP contribution in [0.2, 0.25) is 0 Å². The number of para-hydroxylation sites is 1. The second kappa shape index (κ2) is 5.14. The van der Waals surface area contributed by atoms with Gasteiger partial charge in [-0.1, -0.05) is 18.2 Å². The summed E-state index contributed by atoms with van der Waals surface area (Å²) in [6.07, 6.45) is 2.59. The van der Waals surface area contributed by atoms with Gasteiger partial charge in [-0.05, 0) is 25.0 Å². The first-order valence-electron chi connectivity index (χ1n) is 5.36. The van der Waals surface area contributed by atoms with Crippen molar-refractivity contribution in [3.63, 3.8) is 0 Å². The molecule has 0 amide bonds. The summed E-state index contributed by atoms with van der Waals surface area (Å²) >= 11 is 0. The third-order valence-electron chi connectivity index (χ3n) is 2.52. The van der Waals surface area contributed by atoms with Crippen molar-refractivity contribution in [1.29, 1.82) is 0 Å². The average molecular weight is 208 g/mol. The fourth-order valence-electron chi connectivity index (χ4n) is 1.73. The number of hydrogen-bond donors (Lipinski definition) is 1. The molecule has 1 heterocycles. The molecule has 82 valence electrons. The van der Waals surface area contributed by atoms with Gasteiger partial charge in [-0.15, -0.1) is 0 Å². The van der Waals surface area contributed by atoms with E-state index in [2.05, 4.69) is 0 Å². The van der Waals surface area contributed by atoms with Gasteiger partial charge in [-0.3, -0.25) is 0 Å². The molecule has 1 aliphatic rings. The first kappa shape index (κ1) is 10.5. The van der Waals surface area contributed by atoms with E-state index in [9.17, 15) is 0 Å². The standard InChI is InChI=1S/C12H16O3/c13-9-11-7-4-8-12(15-11)14-10-5-2-1-3-6-10/h1-3,5-6,11-13H,4,7-9H2. The highest BCUT2D eigenvalue weighted by Gasteiger charge is 2.22. The minimum absolute atomic E-state index is 0.0625. The van der Waals surface area contributed by atoms with Gasteiger partial charge in [0, 0.05) is 6.42 Å². The summed E-state index contributed by atoms with van der Waals surface area (Å²) in [4.78, 5) is 0. The number of rotatable bonds is 3. The van der Waals surface area contributed by atoms with E-state index in [0.717, 1.165) is 25.0 Å². The topological polar surface area (TPSA) is 38.7 Å². The lowest BCUT2D eigenvalue weighted by atomic mass is 10.1. The van der Waals surface area contributed by atoms with Crippen LogP contribution >= 0.6 is 0 Å². The minimum Gasteiger partial charge on any atom is -0.465 e. The Balaban J connectivity index is 1.89. The summed E-state index contributed by atoms with van der Waals surface area (Å²) in [5.74, 6) is 0.820. The highest BCUT2D eigenvalue weighted by molar-refractivity contribution is 5.21. The van der Waals surface area contributed by atoms with Crippen LogP contribution in [0.15, 0.2) is 30.3 Å². The molecule has 0 saturated carbocycles. The van der Waals surface area contributed by atoms with E-state index >= 15 is 0 Å². The molecular formula is C12H16O3. The predicted octanol–water partition coefficient (Wildman–Crippen LogP) is 1.95. The molecule has 1 fully saturated rings. The van der Waals surface area contributed by atoms with Crippen LogP contribution < -0.4 is 4.74 Å². The van der Waals surface area contributed by atoms with Crippen LogP contribution in [0.25, 0.3) is 0 Å². The molecule has 2 unspecified atom stereocenters. The minimum atomic E-state index is -0.210. The Hall–Kier alpha value is -1.06. The van der Waals surface area contributed by atoms with Gasteiger partial charge in [-0.2, -0.15) is 0 Å². The smallest absolute Gasteiger partial charge is 0.200 e. The first-order valence-corrected chi connectivity index (χ1v) is 5.36. The number of hydrogen-bond acceptors (Lipinski definition) is 3. The molecule has 0 radical (unpaired) electrons. The van der Waals surface area contributed by atoms with Crippen molar-refractivity contribution in [2.24, 2.45) is 0 Å². The van der Waals surface area contributed by atoms with E-state index < -0.39 is 0 Å². The van der Waals surface area contributed by atoms with E-state index in [1.807, 2.05) is 30.3 Å². The molecule has 2 atom stereocenters. The van der Waals surface area contributed by atoms with Crippen molar-refractivity contribution in [2.75, 3.05) is 6.61 Å². The molecule has 1 saturated heterocycles. The normalized spacial score (nSPS) is 26.2. The van der Waals surface area contributed by atoms with Crippen LogP contribution in [-0.4, -0.2) is 24.1 Å². The highest BCUT2D eigenvalue weighted by Crippen LogP contribution is 2.22. The second-order valence-corrected chi connectivity index (χ2v) is 3.73. The van der Waals surface area contributed by atoms with Gasteiger partial charge >= 0.3 is 0 Å². The Labute approximate surface area is 89.6 Å². The molecular weight excluding hydrogens is 192 g/mol. The van der Waals surface area contributed by atoms with Crippen LogP contribution in [0.5, 0.6) is 5.75 Å². The molecule has 1 aromatic carbocycles. The van der Waals surface area contributed by atoms with Crippen molar-refractivity contribution in [3.8, 4) is 5.75 Å². The Bertz CT molecular complexity index is 286. The predicted molar refractivity (Wildman–Crippen MR) is 56.7 cm³/mol. The zero-order valence-corrected chi connectivity index (χ0v) is 8.63. The van der Waals surface area contributed by atoms with E-state index in [4.69, 9.17) is 14.6 Å². The van der Waals surface area contributed by atoms with E-state index in [0.29, 0.717) is 0 Å². The van der Waals surface area contributed by atoms with Crippen LogP contribution in [0, 0.1) is 0 Å². The molecule has 0 bridgehead atoms. The highest BCUT2D eigenvalue weighted by atomic mass is 16.7. The second-order valence-electron chi connectivity index (χ2n) is 3.73. The number of ether oxygens (including phenoxy) is 2. The van der Waals surface area contributed by atoms with Crippen molar-refractivity contribution < 1.29 is 14.6 Å². The molecule has 0 aliphatic carbocycles. The Morgan fingerprint density at radius 1 is 1.27 bits per heavy atom. The molecule has 0 aromatic heterocycles. The quantitative estimate of drug-likeness (QED) is 0.825. The Morgan fingerprint density at radius 2 is 2.07 bits per heavy atom. The summed E-state index contributed by atoms with van der Waals surface area (Å²) in [5, 5.41) is 8.99. The van der Waals surface area contributed by atoms with E-state index in [1.54, 1.807) is 0 Å². The summed E-state index contributed by atoms with van der Waals surface area (Å²) < 4.78 is 11.2. The monoisotopic (exact) mass is 208 g/mol. The van der Waals surface area contributed by atoms with Crippen LogP contribution in [0.3, 0.4) is 0 Å². The van der Waals surface area contributed by atoms with Gasteiger partial charge in [0.25, 0.3) is 0 Å². The molecule has 1 aromatic rings. The third kappa shape index (κ3) is 2.94. The molecule has 3 heteroatoms. The van der Waals surface area contributed by atoms with Crippen LogP contribution in [0.4, 0.5) is 0 Å². The molecule has 0 spiro atoms. The lowest BCUT2D eigenvalue weighted by Crippen LogP contribution is -2.33.